The number of aliphatic carboxylic acids is 1. The molecule has 6 nitrogen and oxygen atoms in total. The molecule has 0 aliphatic rings. The number of carboxylic acids is 1. The zero-order valence-corrected chi connectivity index (χ0v) is 8.06. The molecule has 0 fully saturated rings. The van der Waals surface area contributed by atoms with Gasteiger partial charge in [-0.1, -0.05) is 0 Å². The number of hydrogen-bond donors (Lipinski definition) is 1. The van der Waals surface area contributed by atoms with Gasteiger partial charge in [-0.25, -0.2) is 0 Å². The smallest absolute Gasteiger partial charge is 0.307 e. The van der Waals surface area contributed by atoms with Crippen LogP contribution in [0.1, 0.15) is 6.42 Å². The van der Waals surface area contributed by atoms with Gasteiger partial charge in [-0.05, 0) is 0 Å². The van der Waals surface area contributed by atoms with Crippen LogP contribution in [0.15, 0.2) is 5.34 Å². The molecule has 0 radical (unpaired) electrons. The standard InChI is InChI=1S/C7H14N2O4/c1-9(2,3)5-6(13-8-12)4-7(10)11/h6H,4-5H2,1-3H3/p+1/t6-/m1/s1. The number of quaternary nitrogens is 1. The van der Waals surface area contributed by atoms with Crippen LogP contribution in [0, 0.1) is 4.91 Å². The van der Waals surface area contributed by atoms with E-state index in [9.17, 15) is 9.70 Å². The van der Waals surface area contributed by atoms with E-state index >= 15 is 0 Å². The summed E-state index contributed by atoms with van der Waals surface area (Å²) in [5, 5.41) is 10.7. The third-order valence-corrected chi connectivity index (χ3v) is 1.35. The third-order valence-electron chi connectivity index (χ3n) is 1.35. The first kappa shape index (κ1) is 11.8. The molecule has 0 spiro atoms. The quantitative estimate of drug-likeness (QED) is 0.370. The van der Waals surface area contributed by atoms with Gasteiger partial charge in [0.15, 0.2) is 11.4 Å². The summed E-state index contributed by atoms with van der Waals surface area (Å²) in [6, 6.07) is 0. The summed E-state index contributed by atoms with van der Waals surface area (Å²) in [7, 11) is 5.63. The van der Waals surface area contributed by atoms with Crippen molar-refractivity contribution < 1.29 is 19.2 Å². The van der Waals surface area contributed by atoms with Gasteiger partial charge in [-0.3, -0.25) is 4.79 Å². The van der Waals surface area contributed by atoms with Crippen molar-refractivity contribution >= 4 is 5.97 Å². The van der Waals surface area contributed by atoms with Gasteiger partial charge in [0, 0.05) is 0 Å². The van der Waals surface area contributed by atoms with Crippen molar-refractivity contribution in [3.8, 4) is 0 Å². The summed E-state index contributed by atoms with van der Waals surface area (Å²) in [6.07, 6.45) is -0.864. The zero-order valence-electron chi connectivity index (χ0n) is 8.06. The Morgan fingerprint density at radius 2 is 2.08 bits per heavy atom. The Hall–Kier alpha value is -1.17. The average Bonchev–Trinajstić information content (AvgIpc) is 1.81. The van der Waals surface area contributed by atoms with Crippen molar-refractivity contribution in [1.82, 2.24) is 0 Å². The highest BCUT2D eigenvalue weighted by molar-refractivity contribution is 5.67. The number of rotatable bonds is 6. The highest BCUT2D eigenvalue weighted by Crippen LogP contribution is 2.04. The largest absolute Gasteiger partial charge is 0.481 e. The topological polar surface area (TPSA) is 76.0 Å². The molecule has 0 amide bonds. The zero-order chi connectivity index (χ0) is 10.5. The van der Waals surface area contributed by atoms with Gasteiger partial charge in [-0.2, -0.15) is 0 Å². The first-order valence-electron chi connectivity index (χ1n) is 3.86. The van der Waals surface area contributed by atoms with Crippen molar-refractivity contribution in [3.05, 3.63) is 4.91 Å². The van der Waals surface area contributed by atoms with E-state index in [4.69, 9.17) is 5.11 Å². The summed E-state index contributed by atoms with van der Waals surface area (Å²) in [6.45, 7) is 0.429. The van der Waals surface area contributed by atoms with E-state index in [-0.39, 0.29) is 6.42 Å². The Kier molecular flexibility index (Phi) is 4.33. The van der Waals surface area contributed by atoms with Crippen LogP contribution in [0.3, 0.4) is 0 Å². The highest BCUT2D eigenvalue weighted by Gasteiger charge is 2.22. The minimum absolute atomic E-state index is 0.207. The lowest BCUT2D eigenvalue weighted by atomic mass is 10.2. The van der Waals surface area contributed by atoms with Gasteiger partial charge < -0.3 is 14.4 Å². The summed E-state index contributed by atoms with van der Waals surface area (Å²) < 4.78 is 0.521. The SMILES string of the molecule is C[N+](C)(C)C[C@@H](CC(=O)O)ON=O. The Morgan fingerprint density at radius 1 is 1.54 bits per heavy atom. The monoisotopic (exact) mass is 191 g/mol. The molecule has 0 saturated heterocycles. The van der Waals surface area contributed by atoms with Crippen LogP contribution in [0.4, 0.5) is 0 Å². The molecule has 1 N–H and O–H groups in total. The first-order chi connectivity index (χ1) is 5.85. The lowest BCUT2D eigenvalue weighted by Gasteiger charge is -2.26. The van der Waals surface area contributed by atoms with E-state index in [2.05, 4.69) is 10.2 Å². The minimum atomic E-state index is -0.998. The van der Waals surface area contributed by atoms with Crippen molar-refractivity contribution in [2.45, 2.75) is 12.5 Å². The predicted molar refractivity (Wildman–Crippen MR) is 45.8 cm³/mol. The number of nitrogens with zero attached hydrogens (tertiary/aromatic N) is 2. The van der Waals surface area contributed by atoms with E-state index < -0.39 is 12.1 Å². The Bertz CT molecular complexity index is 187. The molecule has 13 heavy (non-hydrogen) atoms. The van der Waals surface area contributed by atoms with Crippen LogP contribution in [-0.4, -0.2) is 49.4 Å². The van der Waals surface area contributed by atoms with Crippen LogP contribution in [-0.2, 0) is 9.63 Å². The molecule has 0 saturated carbocycles. The summed E-state index contributed by atoms with van der Waals surface area (Å²) in [5.74, 6) is -0.998. The van der Waals surface area contributed by atoms with Gasteiger partial charge >= 0.3 is 5.97 Å². The Labute approximate surface area is 76.6 Å². The van der Waals surface area contributed by atoms with Crippen molar-refractivity contribution in [3.63, 3.8) is 0 Å². The van der Waals surface area contributed by atoms with Crippen LogP contribution in [0.5, 0.6) is 0 Å². The number of hydrogen-bond acceptors (Lipinski definition) is 4. The first-order valence-corrected chi connectivity index (χ1v) is 3.86. The van der Waals surface area contributed by atoms with E-state index in [0.29, 0.717) is 11.0 Å². The van der Waals surface area contributed by atoms with Crippen LogP contribution in [0.2, 0.25) is 0 Å². The predicted octanol–water partition coefficient (Wildman–Crippen LogP) is 0.234. The molecule has 1 atom stereocenters. The molecular formula is C7H15N2O4+. The van der Waals surface area contributed by atoms with Crippen molar-refractivity contribution in [2.24, 2.45) is 5.34 Å². The van der Waals surface area contributed by atoms with E-state index in [1.165, 1.54) is 0 Å². The third kappa shape index (κ3) is 7.20. The minimum Gasteiger partial charge on any atom is -0.481 e. The lowest BCUT2D eigenvalue weighted by Crippen LogP contribution is -2.42. The summed E-state index contributed by atoms with van der Waals surface area (Å²) >= 11 is 0. The molecule has 0 heterocycles. The van der Waals surface area contributed by atoms with E-state index in [0.717, 1.165) is 0 Å². The Morgan fingerprint density at radius 3 is 2.38 bits per heavy atom. The van der Waals surface area contributed by atoms with Crippen molar-refractivity contribution in [1.29, 1.82) is 0 Å². The van der Waals surface area contributed by atoms with Gasteiger partial charge in [0.2, 0.25) is 0 Å². The molecule has 0 rings (SSSR count). The molecule has 0 aromatic carbocycles. The molecule has 0 aromatic heterocycles. The molecule has 0 unspecified atom stereocenters. The second-order valence-corrected chi connectivity index (χ2v) is 3.87. The molecule has 0 aliphatic carbocycles. The van der Waals surface area contributed by atoms with Gasteiger partial charge in [0.1, 0.15) is 6.54 Å². The second-order valence-electron chi connectivity index (χ2n) is 3.87. The van der Waals surface area contributed by atoms with E-state index in [1.54, 1.807) is 0 Å². The summed E-state index contributed by atoms with van der Waals surface area (Å²) in [5.41, 5.74) is 0. The number of carbonyl (C=O) groups is 1. The molecule has 76 valence electrons. The highest BCUT2D eigenvalue weighted by atomic mass is 16.7. The van der Waals surface area contributed by atoms with Crippen LogP contribution < -0.4 is 0 Å². The fourth-order valence-corrected chi connectivity index (χ4v) is 1.00. The Balaban J connectivity index is 4.09. The van der Waals surface area contributed by atoms with Crippen LogP contribution in [0.25, 0.3) is 0 Å². The maximum atomic E-state index is 10.3. The maximum absolute atomic E-state index is 10.3. The van der Waals surface area contributed by atoms with Crippen LogP contribution >= 0.6 is 0 Å². The van der Waals surface area contributed by atoms with Gasteiger partial charge in [0.25, 0.3) is 0 Å². The van der Waals surface area contributed by atoms with E-state index in [1.807, 2.05) is 21.1 Å². The molecule has 0 aromatic rings. The van der Waals surface area contributed by atoms with Crippen molar-refractivity contribution in [2.75, 3.05) is 27.7 Å². The van der Waals surface area contributed by atoms with Gasteiger partial charge in [-0.15, -0.1) is 4.91 Å². The fraction of sp³-hybridized carbons (Fsp3) is 0.857. The number of likely N-dealkylation sites (N-methyl/N-ethyl adjacent to an activating group) is 1. The maximum Gasteiger partial charge on any atom is 0.307 e. The summed E-state index contributed by atoms with van der Waals surface area (Å²) in [4.78, 5) is 24.6. The normalized spacial score (nSPS) is 13.5. The molecular weight excluding hydrogens is 176 g/mol. The molecule has 6 heteroatoms. The number of carboxylic acid groups (broad SMARTS) is 1. The lowest BCUT2D eigenvalue weighted by molar-refractivity contribution is -0.873. The second kappa shape index (κ2) is 4.76. The fourth-order valence-electron chi connectivity index (χ4n) is 1.00. The molecule has 0 aliphatic heterocycles. The molecule has 0 bridgehead atoms. The average molecular weight is 191 g/mol. The van der Waals surface area contributed by atoms with Gasteiger partial charge in [0.05, 0.1) is 27.6 Å².